The Labute approximate surface area is 100 Å². The largest absolute Gasteiger partial charge is 0.435 e. The Morgan fingerprint density at radius 1 is 1.35 bits per heavy atom. The van der Waals surface area contributed by atoms with Gasteiger partial charge in [0, 0.05) is 12.6 Å². The first-order valence-electron chi connectivity index (χ1n) is 5.93. The van der Waals surface area contributed by atoms with Crippen LogP contribution in [-0.4, -0.2) is 24.1 Å². The number of hydrogen-bond donors (Lipinski definition) is 0. The molecule has 1 aromatic rings. The zero-order valence-corrected chi connectivity index (χ0v) is 9.90. The summed E-state index contributed by atoms with van der Waals surface area (Å²) in [4.78, 5) is 2.41. The number of benzene rings is 1. The number of alkyl halides is 2. The molecule has 1 fully saturated rings. The van der Waals surface area contributed by atoms with Gasteiger partial charge in [-0.05, 0) is 44.0 Å². The van der Waals surface area contributed by atoms with Crippen LogP contribution in [0.25, 0.3) is 0 Å². The topological polar surface area (TPSA) is 12.5 Å². The fraction of sp³-hybridized carbons (Fsp3) is 0.538. The molecule has 1 aliphatic heterocycles. The highest BCUT2D eigenvalue weighted by Gasteiger charge is 2.19. The lowest BCUT2D eigenvalue weighted by Crippen LogP contribution is -2.26. The van der Waals surface area contributed by atoms with E-state index in [0.29, 0.717) is 6.04 Å². The van der Waals surface area contributed by atoms with E-state index in [0.717, 1.165) is 18.7 Å². The minimum atomic E-state index is -2.75. The van der Waals surface area contributed by atoms with Gasteiger partial charge in [0.05, 0.1) is 0 Å². The molecule has 1 atom stereocenters. The van der Waals surface area contributed by atoms with Crippen molar-refractivity contribution in [3.8, 4) is 5.75 Å². The molecule has 0 amide bonds. The normalized spacial score (nSPS) is 21.1. The Bertz CT molecular complexity index is 353. The summed E-state index contributed by atoms with van der Waals surface area (Å²) in [6.45, 7) is 1.48. The molecule has 1 unspecified atom stereocenters. The van der Waals surface area contributed by atoms with Crippen LogP contribution in [0.2, 0.25) is 0 Å². The van der Waals surface area contributed by atoms with Crippen molar-refractivity contribution in [3.63, 3.8) is 0 Å². The van der Waals surface area contributed by atoms with E-state index in [1.54, 1.807) is 12.1 Å². The minimum absolute atomic E-state index is 0.221. The molecule has 94 valence electrons. The highest BCUT2D eigenvalue weighted by atomic mass is 19.3. The number of ether oxygens (including phenoxy) is 1. The quantitative estimate of drug-likeness (QED) is 0.802. The molecule has 17 heavy (non-hydrogen) atoms. The zero-order chi connectivity index (χ0) is 12.3. The van der Waals surface area contributed by atoms with Crippen molar-refractivity contribution in [2.24, 2.45) is 0 Å². The summed E-state index contributed by atoms with van der Waals surface area (Å²) in [6.07, 6.45) is 2.49. The van der Waals surface area contributed by atoms with Gasteiger partial charge in [-0.2, -0.15) is 8.78 Å². The molecular formula is C13H17F2NO. The summed E-state index contributed by atoms with van der Waals surface area (Å²) in [5, 5.41) is 0. The van der Waals surface area contributed by atoms with Crippen molar-refractivity contribution >= 4 is 0 Å². The fourth-order valence-electron chi connectivity index (χ4n) is 2.24. The summed E-state index contributed by atoms with van der Waals surface area (Å²) < 4.78 is 28.3. The van der Waals surface area contributed by atoms with Gasteiger partial charge in [-0.1, -0.05) is 12.1 Å². The number of likely N-dealkylation sites (tertiary alicyclic amines) is 1. The standard InChI is InChI=1S/C13H17F2NO/c1-10-3-2-8-16(10)9-11-4-6-12(7-5-11)17-13(14)15/h4-7,10,13H,2-3,8-9H2,1H3. The molecule has 1 heterocycles. The van der Waals surface area contributed by atoms with Crippen molar-refractivity contribution in [3.05, 3.63) is 29.8 Å². The first kappa shape index (κ1) is 12.3. The van der Waals surface area contributed by atoms with E-state index in [-0.39, 0.29) is 5.75 Å². The van der Waals surface area contributed by atoms with E-state index in [4.69, 9.17) is 0 Å². The molecule has 0 radical (unpaired) electrons. The Balaban J connectivity index is 1.93. The predicted molar refractivity (Wildman–Crippen MR) is 62.2 cm³/mol. The fourth-order valence-corrected chi connectivity index (χ4v) is 2.24. The van der Waals surface area contributed by atoms with E-state index in [1.165, 1.54) is 12.8 Å². The van der Waals surface area contributed by atoms with Gasteiger partial charge in [-0.15, -0.1) is 0 Å². The smallest absolute Gasteiger partial charge is 0.387 e. The average Bonchev–Trinajstić information content (AvgIpc) is 2.67. The molecule has 2 rings (SSSR count). The van der Waals surface area contributed by atoms with Crippen LogP contribution in [0, 0.1) is 0 Å². The second kappa shape index (κ2) is 5.45. The van der Waals surface area contributed by atoms with Crippen LogP contribution in [0.4, 0.5) is 8.78 Å². The second-order valence-electron chi connectivity index (χ2n) is 4.48. The second-order valence-corrected chi connectivity index (χ2v) is 4.48. The van der Waals surface area contributed by atoms with Gasteiger partial charge < -0.3 is 4.74 Å². The van der Waals surface area contributed by atoms with E-state index in [9.17, 15) is 8.78 Å². The number of nitrogens with zero attached hydrogens (tertiary/aromatic N) is 1. The first-order chi connectivity index (χ1) is 8.15. The van der Waals surface area contributed by atoms with E-state index in [1.807, 2.05) is 12.1 Å². The highest BCUT2D eigenvalue weighted by molar-refractivity contribution is 5.27. The van der Waals surface area contributed by atoms with Gasteiger partial charge in [0.25, 0.3) is 0 Å². The van der Waals surface area contributed by atoms with Crippen molar-refractivity contribution in [2.75, 3.05) is 6.54 Å². The monoisotopic (exact) mass is 241 g/mol. The van der Waals surface area contributed by atoms with Gasteiger partial charge in [0.2, 0.25) is 0 Å². The lowest BCUT2D eigenvalue weighted by atomic mass is 10.2. The maximum atomic E-state index is 12.0. The maximum Gasteiger partial charge on any atom is 0.387 e. The van der Waals surface area contributed by atoms with E-state index >= 15 is 0 Å². The molecule has 1 aromatic carbocycles. The van der Waals surface area contributed by atoms with Crippen molar-refractivity contribution < 1.29 is 13.5 Å². The Hall–Kier alpha value is -1.16. The van der Waals surface area contributed by atoms with Crippen molar-refractivity contribution in [2.45, 2.75) is 39.0 Å². The molecule has 0 spiro atoms. The van der Waals surface area contributed by atoms with Crippen molar-refractivity contribution in [1.82, 2.24) is 4.90 Å². The summed E-state index contributed by atoms with van der Waals surface area (Å²) in [7, 11) is 0. The van der Waals surface area contributed by atoms with Crippen LogP contribution in [-0.2, 0) is 6.54 Å². The molecule has 0 saturated carbocycles. The Morgan fingerprint density at radius 3 is 2.59 bits per heavy atom. The van der Waals surface area contributed by atoms with Crippen LogP contribution in [0.1, 0.15) is 25.3 Å². The lowest BCUT2D eigenvalue weighted by molar-refractivity contribution is -0.0498. The summed E-state index contributed by atoms with van der Waals surface area (Å²) >= 11 is 0. The number of rotatable bonds is 4. The Morgan fingerprint density at radius 2 is 2.06 bits per heavy atom. The predicted octanol–water partition coefficient (Wildman–Crippen LogP) is 3.27. The van der Waals surface area contributed by atoms with Gasteiger partial charge >= 0.3 is 6.61 Å². The van der Waals surface area contributed by atoms with Gasteiger partial charge in [0.1, 0.15) is 5.75 Å². The molecule has 4 heteroatoms. The van der Waals surface area contributed by atoms with E-state index in [2.05, 4.69) is 16.6 Å². The highest BCUT2D eigenvalue weighted by Crippen LogP contribution is 2.21. The maximum absolute atomic E-state index is 12.0. The lowest BCUT2D eigenvalue weighted by Gasteiger charge is -2.20. The molecular weight excluding hydrogens is 224 g/mol. The van der Waals surface area contributed by atoms with Crippen LogP contribution in [0.5, 0.6) is 5.75 Å². The van der Waals surface area contributed by atoms with Crippen LogP contribution >= 0.6 is 0 Å². The van der Waals surface area contributed by atoms with Crippen molar-refractivity contribution in [1.29, 1.82) is 0 Å². The molecule has 1 saturated heterocycles. The average molecular weight is 241 g/mol. The minimum Gasteiger partial charge on any atom is -0.435 e. The zero-order valence-electron chi connectivity index (χ0n) is 9.90. The number of halogens is 2. The van der Waals surface area contributed by atoms with Crippen LogP contribution in [0.3, 0.4) is 0 Å². The summed E-state index contributed by atoms with van der Waals surface area (Å²) in [5.41, 5.74) is 1.14. The third-order valence-electron chi connectivity index (χ3n) is 3.22. The molecule has 0 N–H and O–H groups in total. The summed E-state index contributed by atoms with van der Waals surface area (Å²) in [6, 6.07) is 7.52. The number of hydrogen-bond acceptors (Lipinski definition) is 2. The Kier molecular flexibility index (Phi) is 3.94. The molecule has 0 aromatic heterocycles. The van der Waals surface area contributed by atoms with Crippen LogP contribution < -0.4 is 4.74 Å². The SMILES string of the molecule is CC1CCCN1Cc1ccc(OC(F)F)cc1. The third-order valence-corrected chi connectivity index (χ3v) is 3.22. The van der Waals surface area contributed by atoms with Gasteiger partial charge in [0.15, 0.2) is 0 Å². The first-order valence-corrected chi connectivity index (χ1v) is 5.93. The molecule has 1 aliphatic rings. The van der Waals surface area contributed by atoms with Gasteiger partial charge in [-0.3, -0.25) is 4.90 Å². The van der Waals surface area contributed by atoms with E-state index < -0.39 is 6.61 Å². The molecule has 0 aliphatic carbocycles. The summed E-state index contributed by atoms with van der Waals surface area (Å²) in [5.74, 6) is 0.221. The molecule has 0 bridgehead atoms. The third kappa shape index (κ3) is 3.40. The van der Waals surface area contributed by atoms with Gasteiger partial charge in [-0.25, -0.2) is 0 Å². The molecule has 2 nitrogen and oxygen atoms in total. The van der Waals surface area contributed by atoms with Crippen LogP contribution in [0.15, 0.2) is 24.3 Å².